The minimum absolute atomic E-state index is 0.0641. The van der Waals surface area contributed by atoms with Crippen molar-refractivity contribution in [3.8, 4) is 6.07 Å². The fourth-order valence-corrected chi connectivity index (χ4v) is 4.15. The number of carboxylic acid groups (broad SMARTS) is 1. The van der Waals surface area contributed by atoms with Crippen LogP contribution in [0.1, 0.15) is 27.9 Å². The van der Waals surface area contributed by atoms with Crippen LogP contribution in [0.2, 0.25) is 0 Å². The molecule has 7 nitrogen and oxygen atoms in total. The smallest absolute Gasteiger partial charge is 0.417 e. The fourth-order valence-electron chi connectivity index (χ4n) is 4.15. The quantitative estimate of drug-likeness (QED) is 0.697. The second-order valence-corrected chi connectivity index (χ2v) is 7.54. The highest BCUT2D eigenvalue weighted by Gasteiger charge is 2.58. The van der Waals surface area contributed by atoms with Gasteiger partial charge in [0.15, 0.2) is 5.54 Å². The number of alkyl halides is 3. The predicted molar refractivity (Wildman–Crippen MR) is 107 cm³/mol. The Morgan fingerprint density at radius 3 is 2.45 bits per heavy atom. The number of nitriles is 1. The monoisotopic (exact) mass is 461 g/mol. The molecule has 0 aromatic heterocycles. The Morgan fingerprint density at radius 1 is 1.21 bits per heavy atom. The van der Waals surface area contributed by atoms with Crippen LogP contribution in [0.4, 0.5) is 28.9 Å². The second-order valence-electron chi connectivity index (χ2n) is 7.54. The minimum atomic E-state index is -4.84. The largest absolute Gasteiger partial charge is 0.478 e. The Labute approximate surface area is 184 Å². The summed E-state index contributed by atoms with van der Waals surface area (Å²) in [6, 6.07) is 7.55. The molecule has 33 heavy (non-hydrogen) atoms. The summed E-state index contributed by atoms with van der Waals surface area (Å²) in [5.74, 6) is -3.23. The molecule has 2 heterocycles. The van der Waals surface area contributed by atoms with Gasteiger partial charge in [0.05, 0.1) is 35.1 Å². The van der Waals surface area contributed by atoms with Gasteiger partial charge in [-0.3, -0.25) is 9.69 Å². The average molecular weight is 461 g/mol. The van der Waals surface area contributed by atoms with Gasteiger partial charge in [0, 0.05) is 18.7 Å². The number of carbonyl (C=O) groups excluding carboxylic acids is 1. The van der Waals surface area contributed by atoms with E-state index in [-0.39, 0.29) is 36.8 Å². The molecule has 0 aliphatic carbocycles. The van der Waals surface area contributed by atoms with Gasteiger partial charge in [0.2, 0.25) is 0 Å². The summed E-state index contributed by atoms with van der Waals surface area (Å²) in [5, 5.41) is 18.1. The summed E-state index contributed by atoms with van der Waals surface area (Å²) < 4.78 is 60.3. The molecule has 1 atom stereocenters. The van der Waals surface area contributed by atoms with Crippen molar-refractivity contribution in [2.45, 2.75) is 18.1 Å². The highest BCUT2D eigenvalue weighted by Crippen LogP contribution is 2.45. The van der Waals surface area contributed by atoms with E-state index < -0.39 is 46.1 Å². The molecule has 1 spiro atoms. The summed E-state index contributed by atoms with van der Waals surface area (Å²) in [7, 11) is 0. The Hall–Kier alpha value is -3.91. The number of halogens is 4. The zero-order valence-electron chi connectivity index (χ0n) is 16.8. The fraction of sp³-hybridized carbons (Fsp3) is 0.227. The first-order valence-electron chi connectivity index (χ1n) is 9.57. The number of carbonyl (C=O) groups is 2. The van der Waals surface area contributed by atoms with Gasteiger partial charge in [-0.05, 0) is 36.4 Å². The number of benzene rings is 2. The SMILES string of the molecule is C=C1N(c2ccc(C#N)c(C(F)(F)F)c2)C(=O)[C@]2(CCOC2)N1c1ccc(C(=O)O)c(F)c1. The van der Waals surface area contributed by atoms with E-state index in [0.29, 0.717) is 6.07 Å². The Bertz CT molecular complexity index is 1230. The molecule has 2 fully saturated rings. The van der Waals surface area contributed by atoms with Crippen LogP contribution >= 0.6 is 0 Å². The molecule has 2 aliphatic heterocycles. The Morgan fingerprint density at radius 2 is 1.91 bits per heavy atom. The van der Waals surface area contributed by atoms with Gasteiger partial charge in [-0.15, -0.1) is 0 Å². The summed E-state index contributed by atoms with van der Waals surface area (Å²) >= 11 is 0. The molecule has 2 aromatic carbocycles. The van der Waals surface area contributed by atoms with Crippen LogP contribution in [0, 0.1) is 17.1 Å². The minimum Gasteiger partial charge on any atom is -0.478 e. The molecule has 1 N–H and O–H groups in total. The van der Waals surface area contributed by atoms with Crippen molar-refractivity contribution in [1.82, 2.24) is 0 Å². The van der Waals surface area contributed by atoms with Gasteiger partial charge >= 0.3 is 12.1 Å². The molecule has 4 rings (SSSR count). The van der Waals surface area contributed by atoms with E-state index >= 15 is 0 Å². The normalized spacial score (nSPS) is 20.6. The lowest BCUT2D eigenvalue weighted by Gasteiger charge is -2.32. The van der Waals surface area contributed by atoms with Crippen LogP contribution < -0.4 is 9.80 Å². The zero-order valence-corrected chi connectivity index (χ0v) is 16.8. The van der Waals surface area contributed by atoms with Crippen molar-refractivity contribution in [1.29, 1.82) is 5.26 Å². The number of hydrogen-bond acceptors (Lipinski definition) is 5. The highest BCUT2D eigenvalue weighted by molar-refractivity contribution is 6.10. The summed E-state index contributed by atoms with van der Waals surface area (Å²) in [4.78, 5) is 27.0. The standard InChI is InChI=1S/C22H15F4N3O4/c1-12-28(14-3-2-13(10-27)17(8-14)22(24,25)26)20(32)21(6-7-33-11-21)29(12)15-4-5-16(19(30)31)18(23)9-15/h2-5,8-9H,1,6-7,11H2,(H,30,31)/t21-/m1/s1. The third-order valence-electron chi connectivity index (χ3n) is 5.67. The van der Waals surface area contributed by atoms with E-state index in [4.69, 9.17) is 15.1 Å². The number of hydrogen-bond donors (Lipinski definition) is 1. The van der Waals surface area contributed by atoms with Crippen molar-refractivity contribution in [2.24, 2.45) is 0 Å². The van der Waals surface area contributed by atoms with Crippen molar-refractivity contribution >= 4 is 23.3 Å². The molecule has 2 saturated heterocycles. The maximum Gasteiger partial charge on any atom is 0.417 e. The van der Waals surface area contributed by atoms with Crippen molar-refractivity contribution in [3.63, 3.8) is 0 Å². The summed E-state index contributed by atoms with van der Waals surface area (Å²) in [6.07, 6.45) is -4.69. The molecular weight excluding hydrogens is 446 g/mol. The third-order valence-corrected chi connectivity index (χ3v) is 5.67. The number of rotatable bonds is 3. The van der Waals surface area contributed by atoms with Gasteiger partial charge in [-0.1, -0.05) is 6.58 Å². The van der Waals surface area contributed by atoms with Crippen molar-refractivity contribution in [2.75, 3.05) is 23.0 Å². The van der Waals surface area contributed by atoms with E-state index in [1.54, 1.807) is 0 Å². The van der Waals surface area contributed by atoms with Crippen molar-refractivity contribution < 1.29 is 37.0 Å². The molecule has 0 bridgehead atoms. The van der Waals surface area contributed by atoms with E-state index in [2.05, 4.69) is 6.58 Å². The van der Waals surface area contributed by atoms with Crippen molar-refractivity contribution in [3.05, 3.63) is 71.3 Å². The second kappa shape index (κ2) is 7.60. The lowest BCUT2D eigenvalue weighted by Crippen LogP contribution is -2.50. The first-order chi connectivity index (χ1) is 15.5. The number of aromatic carboxylic acids is 1. The van der Waals surface area contributed by atoms with Gasteiger partial charge in [-0.25, -0.2) is 9.18 Å². The maximum atomic E-state index is 14.4. The van der Waals surface area contributed by atoms with E-state index in [9.17, 15) is 27.2 Å². The first-order valence-corrected chi connectivity index (χ1v) is 9.57. The van der Waals surface area contributed by atoms with E-state index in [1.807, 2.05) is 0 Å². The van der Waals surface area contributed by atoms with E-state index in [1.165, 1.54) is 23.1 Å². The molecular formula is C22H15F4N3O4. The van der Waals surface area contributed by atoms with Crippen LogP contribution in [0.5, 0.6) is 0 Å². The Kier molecular flexibility index (Phi) is 5.13. The molecule has 0 unspecified atom stereocenters. The molecule has 11 heteroatoms. The van der Waals surface area contributed by atoms with Crippen LogP contribution in [-0.4, -0.2) is 35.7 Å². The lowest BCUT2D eigenvalue weighted by atomic mass is 9.95. The first kappa shape index (κ1) is 22.3. The number of nitrogens with zero attached hydrogens (tertiary/aromatic N) is 3. The van der Waals surface area contributed by atoms with Crippen LogP contribution in [0.15, 0.2) is 48.8 Å². The molecule has 2 aliphatic rings. The highest BCUT2D eigenvalue weighted by atomic mass is 19.4. The summed E-state index contributed by atoms with van der Waals surface area (Å²) in [6.45, 7) is 3.89. The molecule has 2 aromatic rings. The van der Waals surface area contributed by atoms with Gasteiger partial charge in [0.1, 0.15) is 11.6 Å². The maximum absolute atomic E-state index is 14.4. The average Bonchev–Trinajstić information content (AvgIpc) is 3.31. The van der Waals surface area contributed by atoms with Gasteiger partial charge in [-0.2, -0.15) is 18.4 Å². The predicted octanol–water partition coefficient (Wildman–Crippen LogP) is 3.90. The third kappa shape index (κ3) is 3.39. The molecule has 0 saturated carbocycles. The topological polar surface area (TPSA) is 93.9 Å². The summed E-state index contributed by atoms with van der Waals surface area (Å²) in [5.41, 5.74) is -3.88. The Balaban J connectivity index is 1.85. The number of amides is 1. The lowest BCUT2D eigenvalue weighted by molar-refractivity contribution is -0.137. The molecule has 0 radical (unpaired) electrons. The van der Waals surface area contributed by atoms with Crippen LogP contribution in [0.3, 0.4) is 0 Å². The number of ether oxygens (including phenoxy) is 1. The zero-order chi connectivity index (χ0) is 24.1. The molecule has 1 amide bonds. The van der Waals surface area contributed by atoms with Gasteiger partial charge < -0.3 is 14.7 Å². The van der Waals surface area contributed by atoms with Crippen LogP contribution in [-0.2, 0) is 15.7 Å². The molecule has 170 valence electrons. The van der Waals surface area contributed by atoms with Gasteiger partial charge in [0.25, 0.3) is 5.91 Å². The van der Waals surface area contributed by atoms with E-state index in [0.717, 1.165) is 23.1 Å². The number of carboxylic acids is 1. The number of anilines is 2. The van der Waals surface area contributed by atoms with Crippen LogP contribution in [0.25, 0.3) is 0 Å².